The molecule has 1 amide bonds. The Labute approximate surface area is 166 Å². The number of ether oxygens (including phenoxy) is 3. The first-order valence-electron chi connectivity index (χ1n) is 8.82. The van der Waals surface area contributed by atoms with E-state index < -0.39 is 0 Å². The van der Waals surface area contributed by atoms with Gasteiger partial charge >= 0.3 is 0 Å². The van der Waals surface area contributed by atoms with Gasteiger partial charge in [0.2, 0.25) is 11.7 Å². The number of amides is 1. The molecule has 0 radical (unpaired) electrons. The summed E-state index contributed by atoms with van der Waals surface area (Å²) in [6.45, 7) is 0.620. The highest BCUT2D eigenvalue weighted by molar-refractivity contribution is 7.09. The largest absolute Gasteiger partial charge is 0.493 e. The molecule has 3 aromatic rings. The van der Waals surface area contributed by atoms with Gasteiger partial charge in [0.25, 0.3) is 0 Å². The van der Waals surface area contributed by atoms with Gasteiger partial charge in [0.1, 0.15) is 5.82 Å². The number of aromatic nitrogens is 2. The minimum absolute atomic E-state index is 0.0424. The molecule has 146 valence electrons. The fraction of sp³-hybridized carbons (Fsp3) is 0.300. The normalized spacial score (nSPS) is 15.7. The number of carbonyl (C=O) groups is 1. The zero-order valence-electron chi connectivity index (χ0n) is 15.9. The molecule has 1 aliphatic heterocycles. The zero-order chi connectivity index (χ0) is 19.7. The molecule has 8 heteroatoms. The average Bonchev–Trinajstić information content (AvgIpc) is 3.37. The quantitative estimate of drug-likeness (QED) is 0.687. The molecule has 4 rings (SSSR count). The van der Waals surface area contributed by atoms with E-state index in [9.17, 15) is 4.79 Å². The van der Waals surface area contributed by atoms with Crippen LogP contribution in [-0.4, -0.2) is 37.0 Å². The van der Waals surface area contributed by atoms with Gasteiger partial charge < -0.3 is 19.5 Å². The second kappa shape index (κ2) is 7.55. The highest BCUT2D eigenvalue weighted by Crippen LogP contribution is 2.44. The Balaban J connectivity index is 1.76. The molecule has 3 heterocycles. The van der Waals surface area contributed by atoms with Gasteiger partial charge in [0, 0.05) is 22.8 Å². The topological polar surface area (TPSA) is 74.6 Å². The number of methoxy groups -OCH3 is 3. The maximum absolute atomic E-state index is 12.5. The van der Waals surface area contributed by atoms with Crippen molar-refractivity contribution in [3.8, 4) is 17.2 Å². The number of carbonyl (C=O) groups excluding carboxylic acids is 1. The molecule has 7 nitrogen and oxygen atoms in total. The Hall–Kier alpha value is -3.00. The van der Waals surface area contributed by atoms with Crippen LogP contribution < -0.4 is 19.5 Å². The van der Waals surface area contributed by atoms with Gasteiger partial charge in [-0.25, -0.2) is 4.68 Å². The Bertz CT molecular complexity index is 972. The summed E-state index contributed by atoms with van der Waals surface area (Å²) >= 11 is 1.66. The number of hydrogen-bond acceptors (Lipinski definition) is 6. The first kappa shape index (κ1) is 18.4. The van der Waals surface area contributed by atoms with Crippen LogP contribution in [0.25, 0.3) is 0 Å². The molecule has 0 bridgehead atoms. The van der Waals surface area contributed by atoms with E-state index in [4.69, 9.17) is 14.2 Å². The number of thiophene rings is 1. The Morgan fingerprint density at radius 2 is 1.96 bits per heavy atom. The van der Waals surface area contributed by atoms with Gasteiger partial charge in [-0.1, -0.05) is 6.07 Å². The molecule has 1 aromatic carbocycles. The van der Waals surface area contributed by atoms with Crippen molar-refractivity contribution in [2.45, 2.75) is 18.9 Å². The maximum atomic E-state index is 12.5. The lowest BCUT2D eigenvalue weighted by Crippen LogP contribution is -2.25. The molecule has 0 saturated heterocycles. The van der Waals surface area contributed by atoms with E-state index in [1.54, 1.807) is 32.7 Å². The Kier molecular flexibility index (Phi) is 4.95. The molecule has 0 aliphatic carbocycles. The van der Waals surface area contributed by atoms with E-state index in [0.29, 0.717) is 30.2 Å². The first-order chi connectivity index (χ1) is 13.6. The monoisotopic (exact) mass is 399 g/mol. The number of rotatable bonds is 6. The third kappa shape index (κ3) is 3.20. The van der Waals surface area contributed by atoms with Gasteiger partial charge in [-0.15, -0.1) is 11.3 Å². The van der Waals surface area contributed by atoms with E-state index in [0.717, 1.165) is 16.9 Å². The summed E-state index contributed by atoms with van der Waals surface area (Å²) in [5, 5.41) is 9.53. The molecule has 1 atom stereocenters. The molecule has 2 aromatic heterocycles. The molecule has 28 heavy (non-hydrogen) atoms. The molecule has 0 fully saturated rings. The van der Waals surface area contributed by atoms with Crippen LogP contribution in [0, 0.1) is 0 Å². The van der Waals surface area contributed by atoms with Crippen LogP contribution >= 0.6 is 11.3 Å². The summed E-state index contributed by atoms with van der Waals surface area (Å²) in [5.41, 5.74) is 1.90. The van der Waals surface area contributed by atoms with E-state index in [1.165, 1.54) is 4.88 Å². The van der Waals surface area contributed by atoms with Crippen LogP contribution in [0.15, 0.2) is 35.8 Å². The fourth-order valence-corrected chi connectivity index (χ4v) is 4.23. The Morgan fingerprint density at radius 1 is 1.21 bits per heavy atom. The molecule has 0 saturated carbocycles. The Morgan fingerprint density at radius 3 is 2.57 bits per heavy atom. The number of hydrogen-bond donors (Lipinski definition) is 1. The van der Waals surface area contributed by atoms with Crippen LogP contribution in [-0.2, 0) is 11.3 Å². The van der Waals surface area contributed by atoms with Gasteiger partial charge in [-0.05, 0) is 29.1 Å². The van der Waals surface area contributed by atoms with E-state index in [-0.39, 0.29) is 11.8 Å². The first-order valence-corrected chi connectivity index (χ1v) is 9.70. The molecule has 1 unspecified atom stereocenters. The van der Waals surface area contributed by atoms with Crippen molar-refractivity contribution in [3.63, 3.8) is 0 Å². The number of nitrogens with one attached hydrogen (secondary N) is 1. The lowest BCUT2D eigenvalue weighted by molar-refractivity contribution is -0.116. The van der Waals surface area contributed by atoms with Crippen molar-refractivity contribution < 1.29 is 19.0 Å². The minimum atomic E-state index is -0.144. The lowest BCUT2D eigenvalue weighted by atomic mass is 9.87. The van der Waals surface area contributed by atoms with Crippen molar-refractivity contribution in [1.29, 1.82) is 0 Å². The van der Waals surface area contributed by atoms with Crippen molar-refractivity contribution in [2.24, 2.45) is 0 Å². The van der Waals surface area contributed by atoms with Gasteiger partial charge in [0.05, 0.1) is 34.1 Å². The van der Waals surface area contributed by atoms with E-state index in [1.807, 2.05) is 34.5 Å². The van der Waals surface area contributed by atoms with Crippen molar-refractivity contribution in [1.82, 2.24) is 9.78 Å². The molecular weight excluding hydrogens is 378 g/mol. The summed E-state index contributed by atoms with van der Waals surface area (Å²) in [6.07, 6.45) is 2.16. The molecule has 1 N–H and O–H groups in total. The van der Waals surface area contributed by atoms with Gasteiger partial charge in [0.15, 0.2) is 11.5 Å². The van der Waals surface area contributed by atoms with Gasteiger partial charge in [-0.2, -0.15) is 5.10 Å². The SMILES string of the molecule is COc1cc(C2CC(=O)Nc3c2cnn3Cc2cccs2)cc(OC)c1OC. The highest BCUT2D eigenvalue weighted by Gasteiger charge is 2.31. The third-order valence-corrected chi connectivity index (χ3v) is 5.73. The number of nitrogens with zero attached hydrogens (tertiary/aromatic N) is 2. The number of anilines is 1. The van der Waals surface area contributed by atoms with Crippen molar-refractivity contribution in [2.75, 3.05) is 26.6 Å². The van der Waals surface area contributed by atoms with Crippen LogP contribution in [0.4, 0.5) is 5.82 Å². The summed E-state index contributed by atoms with van der Waals surface area (Å²) < 4.78 is 18.2. The summed E-state index contributed by atoms with van der Waals surface area (Å²) in [6, 6.07) is 7.85. The fourth-order valence-electron chi connectivity index (χ4n) is 3.54. The minimum Gasteiger partial charge on any atom is -0.493 e. The second-order valence-corrected chi connectivity index (χ2v) is 7.48. The predicted molar refractivity (Wildman–Crippen MR) is 107 cm³/mol. The maximum Gasteiger partial charge on any atom is 0.226 e. The van der Waals surface area contributed by atoms with E-state index >= 15 is 0 Å². The summed E-state index contributed by atoms with van der Waals surface area (Å²) in [7, 11) is 4.74. The van der Waals surface area contributed by atoms with Crippen LogP contribution in [0.5, 0.6) is 17.2 Å². The average molecular weight is 399 g/mol. The third-order valence-electron chi connectivity index (χ3n) is 4.87. The van der Waals surface area contributed by atoms with Crippen LogP contribution in [0.1, 0.15) is 28.3 Å². The summed E-state index contributed by atoms with van der Waals surface area (Å²) in [4.78, 5) is 13.6. The predicted octanol–water partition coefficient (Wildman–Crippen LogP) is 3.49. The zero-order valence-corrected chi connectivity index (χ0v) is 16.7. The number of fused-ring (bicyclic) bond motifs is 1. The summed E-state index contributed by atoms with van der Waals surface area (Å²) in [5.74, 6) is 2.21. The van der Waals surface area contributed by atoms with Crippen molar-refractivity contribution >= 4 is 23.1 Å². The van der Waals surface area contributed by atoms with E-state index in [2.05, 4.69) is 16.5 Å². The second-order valence-electron chi connectivity index (χ2n) is 6.45. The molecule has 0 spiro atoms. The number of benzene rings is 1. The standard InChI is InChI=1S/C20H21N3O4S/c1-25-16-7-12(8-17(26-2)19(16)27-3)14-9-18(24)22-20-15(14)10-21-23(20)11-13-5-4-6-28-13/h4-8,10,14H,9,11H2,1-3H3,(H,22,24). The molecular formula is C20H21N3O4S. The molecule has 1 aliphatic rings. The van der Waals surface area contributed by atoms with Crippen molar-refractivity contribution in [3.05, 3.63) is 51.8 Å². The highest BCUT2D eigenvalue weighted by atomic mass is 32.1. The lowest BCUT2D eigenvalue weighted by Gasteiger charge is -2.25. The van der Waals surface area contributed by atoms with Crippen LogP contribution in [0.3, 0.4) is 0 Å². The van der Waals surface area contributed by atoms with Crippen LogP contribution in [0.2, 0.25) is 0 Å². The van der Waals surface area contributed by atoms with Gasteiger partial charge in [-0.3, -0.25) is 4.79 Å². The smallest absolute Gasteiger partial charge is 0.226 e.